The fourth-order valence-electron chi connectivity index (χ4n) is 2.31. The fraction of sp³-hybridized carbons (Fsp3) is 0.357. The highest BCUT2D eigenvalue weighted by Crippen LogP contribution is 2.29. The largest absolute Gasteiger partial charge is 0.327 e. The second kappa shape index (κ2) is 5.68. The Morgan fingerprint density at radius 3 is 3.25 bits per heavy atom. The maximum Gasteiger partial charge on any atom is 0.230 e. The molecule has 0 aliphatic heterocycles. The van der Waals surface area contributed by atoms with Crippen LogP contribution < -0.4 is 11.1 Å². The van der Waals surface area contributed by atoms with Crippen LogP contribution in [-0.2, 0) is 24.1 Å². The Hall–Kier alpha value is -1.79. The molecule has 5 nitrogen and oxygen atoms in total. The van der Waals surface area contributed by atoms with E-state index >= 15 is 0 Å². The summed E-state index contributed by atoms with van der Waals surface area (Å²) in [6, 6.07) is 3.94. The number of nitrogens with zero attached hydrogens (tertiary/aromatic N) is 2. The number of amides is 1. The van der Waals surface area contributed by atoms with E-state index in [0.717, 1.165) is 30.5 Å². The van der Waals surface area contributed by atoms with Gasteiger partial charge in [0.1, 0.15) is 0 Å². The summed E-state index contributed by atoms with van der Waals surface area (Å²) in [6.07, 6.45) is 6.46. The number of anilines is 1. The second-order valence-corrected chi connectivity index (χ2v) is 6.06. The molecule has 0 bridgehead atoms. The van der Waals surface area contributed by atoms with E-state index in [-0.39, 0.29) is 11.9 Å². The minimum Gasteiger partial charge on any atom is -0.327 e. The van der Waals surface area contributed by atoms with Crippen LogP contribution in [0.5, 0.6) is 0 Å². The minimum atomic E-state index is -0.0617. The molecular formula is C14H16N4OS. The van der Waals surface area contributed by atoms with Gasteiger partial charge in [0.25, 0.3) is 0 Å². The van der Waals surface area contributed by atoms with Gasteiger partial charge in [-0.25, -0.2) is 4.98 Å². The first-order valence-corrected chi connectivity index (χ1v) is 7.45. The molecule has 2 heterocycles. The lowest BCUT2D eigenvalue weighted by molar-refractivity contribution is -0.115. The number of aromatic nitrogens is 2. The zero-order chi connectivity index (χ0) is 13.9. The van der Waals surface area contributed by atoms with Crippen molar-refractivity contribution in [3.8, 4) is 0 Å². The molecule has 3 rings (SSSR count). The molecule has 2 aromatic heterocycles. The number of nitrogens with two attached hydrogens (primary N) is 1. The van der Waals surface area contributed by atoms with Crippen LogP contribution in [0.3, 0.4) is 0 Å². The number of thiazole rings is 1. The molecule has 0 saturated heterocycles. The van der Waals surface area contributed by atoms with Gasteiger partial charge in [-0.15, -0.1) is 11.3 Å². The normalized spacial score (nSPS) is 17.6. The molecule has 20 heavy (non-hydrogen) atoms. The molecule has 0 aromatic carbocycles. The highest BCUT2D eigenvalue weighted by atomic mass is 32.1. The van der Waals surface area contributed by atoms with E-state index in [1.807, 2.05) is 12.1 Å². The number of pyridine rings is 1. The Balaban J connectivity index is 1.65. The van der Waals surface area contributed by atoms with E-state index in [9.17, 15) is 4.79 Å². The molecule has 2 aromatic rings. The summed E-state index contributed by atoms with van der Waals surface area (Å²) < 4.78 is 0. The predicted octanol–water partition coefficient (Wildman–Crippen LogP) is 1.54. The number of fused-ring (bicyclic) bond motifs is 1. The van der Waals surface area contributed by atoms with E-state index in [1.165, 1.54) is 16.2 Å². The molecule has 6 heteroatoms. The number of aryl methyl sites for hydroxylation is 1. The first kappa shape index (κ1) is 13.2. The van der Waals surface area contributed by atoms with E-state index in [2.05, 4.69) is 15.3 Å². The molecule has 0 saturated carbocycles. The highest BCUT2D eigenvalue weighted by molar-refractivity contribution is 7.15. The summed E-state index contributed by atoms with van der Waals surface area (Å²) in [5.41, 5.74) is 7.93. The van der Waals surface area contributed by atoms with Crippen molar-refractivity contribution >= 4 is 22.4 Å². The Kier molecular flexibility index (Phi) is 3.75. The molecule has 0 unspecified atom stereocenters. The Morgan fingerprint density at radius 1 is 1.55 bits per heavy atom. The third-order valence-electron chi connectivity index (χ3n) is 3.31. The highest BCUT2D eigenvalue weighted by Gasteiger charge is 2.20. The van der Waals surface area contributed by atoms with Gasteiger partial charge >= 0.3 is 0 Å². The van der Waals surface area contributed by atoms with Gasteiger partial charge < -0.3 is 11.1 Å². The zero-order valence-corrected chi connectivity index (χ0v) is 11.8. The number of carbonyl (C=O) groups excluding carboxylic acids is 1. The lowest BCUT2D eigenvalue weighted by atomic mass is 9.99. The van der Waals surface area contributed by atoms with Crippen LogP contribution in [0.15, 0.2) is 24.5 Å². The van der Waals surface area contributed by atoms with Crippen molar-refractivity contribution in [1.29, 1.82) is 0 Å². The van der Waals surface area contributed by atoms with E-state index in [1.54, 1.807) is 12.4 Å². The van der Waals surface area contributed by atoms with Crippen LogP contribution in [-0.4, -0.2) is 21.9 Å². The first-order valence-electron chi connectivity index (χ1n) is 6.63. The van der Waals surface area contributed by atoms with Crippen molar-refractivity contribution in [2.75, 3.05) is 5.32 Å². The molecule has 3 N–H and O–H groups in total. The van der Waals surface area contributed by atoms with E-state index < -0.39 is 0 Å². The fourth-order valence-corrected chi connectivity index (χ4v) is 3.42. The summed E-state index contributed by atoms with van der Waals surface area (Å²) >= 11 is 1.54. The van der Waals surface area contributed by atoms with Crippen molar-refractivity contribution in [2.45, 2.75) is 31.7 Å². The summed E-state index contributed by atoms with van der Waals surface area (Å²) in [4.78, 5) is 21.7. The second-order valence-electron chi connectivity index (χ2n) is 4.98. The van der Waals surface area contributed by atoms with Crippen LogP contribution in [0.4, 0.5) is 5.13 Å². The van der Waals surface area contributed by atoms with Gasteiger partial charge in [-0.1, -0.05) is 6.07 Å². The number of hydrogen-bond donors (Lipinski definition) is 2. The SMILES string of the molecule is N[C@H]1CCc2nc(NC(=O)Cc3cccnc3)sc2C1. The van der Waals surface area contributed by atoms with E-state index in [0.29, 0.717) is 11.6 Å². The monoisotopic (exact) mass is 288 g/mol. The standard InChI is InChI=1S/C14H16N4OS/c15-10-3-4-11-12(7-10)20-14(17-11)18-13(19)6-9-2-1-5-16-8-9/h1-2,5,8,10H,3-4,6-7,15H2,(H,17,18,19)/t10-/m0/s1. The molecule has 104 valence electrons. The summed E-state index contributed by atoms with van der Waals surface area (Å²) in [7, 11) is 0. The third-order valence-corrected chi connectivity index (χ3v) is 4.35. The summed E-state index contributed by atoms with van der Waals surface area (Å²) in [5, 5.41) is 3.54. The molecule has 0 radical (unpaired) electrons. The van der Waals surface area contributed by atoms with Gasteiger partial charge in [-0.2, -0.15) is 0 Å². The molecule has 0 fully saturated rings. The Bertz CT molecular complexity index is 611. The van der Waals surface area contributed by atoms with Gasteiger partial charge in [0.05, 0.1) is 12.1 Å². The quantitative estimate of drug-likeness (QED) is 0.897. The molecule has 1 amide bonds. The Morgan fingerprint density at radius 2 is 2.45 bits per heavy atom. The number of carbonyl (C=O) groups is 1. The van der Waals surface area contributed by atoms with Crippen molar-refractivity contribution in [2.24, 2.45) is 5.73 Å². The maximum atomic E-state index is 12.0. The lowest BCUT2D eigenvalue weighted by Gasteiger charge is -2.15. The molecule has 1 aliphatic rings. The summed E-state index contributed by atoms with van der Waals surface area (Å²) in [6.45, 7) is 0. The van der Waals surface area contributed by atoms with Crippen LogP contribution in [0.1, 0.15) is 22.6 Å². The molecular weight excluding hydrogens is 272 g/mol. The number of nitrogens with one attached hydrogen (secondary N) is 1. The Labute approximate surface area is 121 Å². The number of rotatable bonds is 3. The number of hydrogen-bond acceptors (Lipinski definition) is 5. The smallest absolute Gasteiger partial charge is 0.230 e. The zero-order valence-electron chi connectivity index (χ0n) is 11.0. The topological polar surface area (TPSA) is 80.9 Å². The molecule has 1 atom stereocenters. The average molecular weight is 288 g/mol. The maximum absolute atomic E-state index is 12.0. The van der Waals surface area contributed by atoms with Crippen LogP contribution in [0.25, 0.3) is 0 Å². The lowest BCUT2D eigenvalue weighted by Crippen LogP contribution is -2.27. The average Bonchev–Trinajstić information content (AvgIpc) is 2.80. The van der Waals surface area contributed by atoms with E-state index in [4.69, 9.17) is 5.73 Å². The van der Waals surface area contributed by atoms with Crippen molar-refractivity contribution in [1.82, 2.24) is 9.97 Å². The van der Waals surface area contributed by atoms with Crippen molar-refractivity contribution in [3.63, 3.8) is 0 Å². The van der Waals surface area contributed by atoms with Crippen molar-refractivity contribution in [3.05, 3.63) is 40.7 Å². The minimum absolute atomic E-state index is 0.0617. The van der Waals surface area contributed by atoms with Gasteiger partial charge in [0, 0.05) is 23.3 Å². The van der Waals surface area contributed by atoms with Crippen LogP contribution >= 0.6 is 11.3 Å². The van der Waals surface area contributed by atoms with Gasteiger partial charge in [-0.05, 0) is 30.9 Å². The first-order chi connectivity index (χ1) is 9.70. The third kappa shape index (κ3) is 3.02. The summed E-state index contributed by atoms with van der Waals surface area (Å²) in [5.74, 6) is -0.0617. The van der Waals surface area contributed by atoms with Gasteiger partial charge in [0.2, 0.25) is 5.91 Å². The van der Waals surface area contributed by atoms with Crippen molar-refractivity contribution < 1.29 is 4.79 Å². The predicted molar refractivity (Wildman–Crippen MR) is 78.7 cm³/mol. The van der Waals surface area contributed by atoms with Gasteiger partial charge in [-0.3, -0.25) is 9.78 Å². The van der Waals surface area contributed by atoms with Crippen LogP contribution in [0, 0.1) is 0 Å². The van der Waals surface area contributed by atoms with Gasteiger partial charge in [0.15, 0.2) is 5.13 Å². The molecule has 0 spiro atoms. The molecule has 1 aliphatic carbocycles. The van der Waals surface area contributed by atoms with Crippen LogP contribution in [0.2, 0.25) is 0 Å².